The first-order valence-electron chi connectivity index (χ1n) is 9.29. The molecule has 2 aromatic carbocycles. The Hall–Kier alpha value is -2.34. The number of aliphatic imine (C=N–C) groups is 1. The highest BCUT2D eigenvalue weighted by Gasteiger charge is 2.37. The molecule has 0 N–H and O–H groups in total. The van der Waals surface area contributed by atoms with Gasteiger partial charge in [-0.1, -0.05) is 23.9 Å². The van der Waals surface area contributed by atoms with Gasteiger partial charge < -0.3 is 4.74 Å². The van der Waals surface area contributed by atoms with E-state index in [1.54, 1.807) is 0 Å². The second-order valence-electron chi connectivity index (χ2n) is 6.99. The molecule has 1 aliphatic heterocycles. The number of hydrogen-bond donors (Lipinski definition) is 0. The normalized spacial score (nSPS) is 17.3. The van der Waals surface area contributed by atoms with Crippen LogP contribution in [-0.4, -0.2) is 22.8 Å². The summed E-state index contributed by atoms with van der Waals surface area (Å²) < 4.78 is 122. The number of alkyl halides is 10. The fourth-order valence-electron chi connectivity index (χ4n) is 2.84. The van der Waals surface area contributed by atoms with Gasteiger partial charge in [0, 0.05) is 16.7 Å². The third-order valence-corrected chi connectivity index (χ3v) is 6.12. The first kappa shape index (κ1) is 26.3. The van der Waals surface area contributed by atoms with Gasteiger partial charge in [0.25, 0.3) is 0 Å². The predicted octanol–water partition coefficient (Wildman–Crippen LogP) is 7.81. The number of ether oxygens (including phenoxy) is 1. The van der Waals surface area contributed by atoms with E-state index in [1.807, 2.05) is 0 Å². The van der Waals surface area contributed by atoms with Gasteiger partial charge in [-0.05, 0) is 36.4 Å². The van der Waals surface area contributed by atoms with Gasteiger partial charge >= 0.3 is 18.5 Å². The molecule has 184 valence electrons. The van der Waals surface area contributed by atoms with E-state index in [1.165, 1.54) is 18.2 Å². The van der Waals surface area contributed by atoms with E-state index in [0.717, 1.165) is 23.9 Å². The molecule has 0 aliphatic carbocycles. The van der Waals surface area contributed by atoms with E-state index in [2.05, 4.69) is 4.99 Å². The number of halogens is 10. The summed E-state index contributed by atoms with van der Waals surface area (Å²) in [5, 5.41) is -0.122. The summed E-state index contributed by atoms with van der Waals surface area (Å²) in [6.45, 7) is -0.489. The molecule has 0 saturated heterocycles. The Balaban J connectivity index is 1.86. The molecule has 1 aliphatic rings. The molecule has 34 heavy (non-hydrogen) atoms. The largest absolute Gasteiger partial charge is 0.487 e. The van der Waals surface area contributed by atoms with E-state index in [-0.39, 0.29) is 22.7 Å². The van der Waals surface area contributed by atoms with Crippen LogP contribution in [0.5, 0.6) is 5.75 Å². The maximum atomic E-state index is 13.0. The lowest BCUT2D eigenvalue weighted by Gasteiger charge is -2.20. The SMILES string of the molecule is FC(F)(F)c1ccc(C2=NC(COc3cc(C(F)(F)F)cc(C(F)(F)F)c3)=CC(CCl)S2)cc1. The topological polar surface area (TPSA) is 21.6 Å². The summed E-state index contributed by atoms with van der Waals surface area (Å²) in [5.41, 5.74) is -3.45. The molecule has 0 bridgehead atoms. The molecule has 1 heterocycles. The van der Waals surface area contributed by atoms with E-state index in [9.17, 15) is 39.5 Å². The summed E-state index contributed by atoms with van der Waals surface area (Å²) in [7, 11) is 0. The molecule has 0 fully saturated rings. The number of nitrogens with zero attached hydrogens (tertiary/aromatic N) is 1. The Morgan fingerprint density at radius 3 is 1.79 bits per heavy atom. The minimum absolute atomic E-state index is 0.0201. The Morgan fingerprint density at radius 1 is 0.794 bits per heavy atom. The van der Waals surface area contributed by atoms with Crippen LogP contribution >= 0.6 is 23.4 Å². The molecule has 2 nitrogen and oxygen atoms in total. The van der Waals surface area contributed by atoms with E-state index < -0.39 is 52.8 Å². The molecular formula is C21H13ClF9NOS. The number of rotatable bonds is 5. The molecule has 0 radical (unpaired) electrons. The Morgan fingerprint density at radius 2 is 1.32 bits per heavy atom. The number of benzene rings is 2. The standard InChI is InChI=1S/C21H13ClF9NOS/c22-9-17-8-15(32-18(34-17)11-1-3-12(4-2-11)19(23,24)25)10-33-16-6-13(20(26,27)28)5-14(7-16)21(29,30)31/h1-8,17H,9-10H2. The van der Waals surface area contributed by atoms with Crippen LogP contribution in [0.3, 0.4) is 0 Å². The van der Waals surface area contributed by atoms with E-state index in [4.69, 9.17) is 16.3 Å². The van der Waals surface area contributed by atoms with Gasteiger partial charge in [-0.15, -0.1) is 11.6 Å². The van der Waals surface area contributed by atoms with Crippen molar-refractivity contribution in [1.29, 1.82) is 0 Å². The molecule has 0 amide bonds. The zero-order valence-electron chi connectivity index (χ0n) is 16.7. The van der Waals surface area contributed by atoms with Crippen molar-refractivity contribution >= 4 is 28.4 Å². The van der Waals surface area contributed by atoms with Crippen LogP contribution in [-0.2, 0) is 18.5 Å². The maximum absolute atomic E-state index is 13.0. The summed E-state index contributed by atoms with van der Waals surface area (Å²) in [4.78, 5) is 4.23. The Labute approximate surface area is 196 Å². The maximum Gasteiger partial charge on any atom is 0.416 e. The minimum atomic E-state index is -5.03. The molecule has 0 saturated carbocycles. The second kappa shape index (κ2) is 9.73. The number of hydrogen-bond acceptors (Lipinski definition) is 3. The molecule has 0 spiro atoms. The smallest absolute Gasteiger partial charge is 0.416 e. The van der Waals surface area contributed by atoms with Gasteiger partial charge in [-0.25, -0.2) is 4.99 Å². The Kier molecular flexibility index (Phi) is 7.51. The van der Waals surface area contributed by atoms with Crippen molar-refractivity contribution in [3.8, 4) is 5.75 Å². The van der Waals surface area contributed by atoms with Gasteiger partial charge in [0.15, 0.2) is 0 Å². The third-order valence-electron chi connectivity index (χ3n) is 4.45. The van der Waals surface area contributed by atoms with Crippen LogP contribution in [0.1, 0.15) is 22.3 Å². The Bertz CT molecular complexity index is 1060. The van der Waals surface area contributed by atoms with Gasteiger partial charge in [0.2, 0.25) is 0 Å². The quantitative estimate of drug-likeness (QED) is 0.289. The highest BCUT2D eigenvalue weighted by atomic mass is 35.5. The lowest BCUT2D eigenvalue weighted by molar-refractivity contribution is -0.143. The summed E-state index contributed by atoms with van der Waals surface area (Å²) in [6.07, 6.45) is -13.1. The van der Waals surface area contributed by atoms with Crippen LogP contribution in [0.25, 0.3) is 0 Å². The fourth-order valence-corrected chi connectivity index (χ4v) is 4.14. The fraction of sp³-hybridized carbons (Fsp3) is 0.286. The summed E-state index contributed by atoms with van der Waals surface area (Å²) in [6, 6.07) is 4.99. The van der Waals surface area contributed by atoms with E-state index in [0.29, 0.717) is 17.7 Å². The van der Waals surface area contributed by atoms with Crippen LogP contribution in [0.2, 0.25) is 0 Å². The zero-order chi connectivity index (χ0) is 25.3. The van der Waals surface area contributed by atoms with Gasteiger partial charge in [-0.2, -0.15) is 39.5 Å². The molecule has 3 rings (SSSR count). The van der Waals surface area contributed by atoms with Crippen LogP contribution in [0.4, 0.5) is 39.5 Å². The lowest BCUT2D eigenvalue weighted by Crippen LogP contribution is -2.16. The second-order valence-corrected chi connectivity index (χ2v) is 8.53. The van der Waals surface area contributed by atoms with Crippen molar-refractivity contribution in [2.45, 2.75) is 23.8 Å². The van der Waals surface area contributed by atoms with Crippen molar-refractivity contribution in [1.82, 2.24) is 0 Å². The van der Waals surface area contributed by atoms with Crippen LogP contribution in [0.15, 0.2) is 59.2 Å². The average molecular weight is 534 g/mol. The predicted molar refractivity (Wildman–Crippen MR) is 110 cm³/mol. The first-order valence-corrected chi connectivity index (χ1v) is 10.7. The van der Waals surface area contributed by atoms with Gasteiger partial charge in [0.05, 0.1) is 22.4 Å². The van der Waals surface area contributed by atoms with Crippen LogP contribution < -0.4 is 4.74 Å². The summed E-state index contributed by atoms with van der Waals surface area (Å²) in [5.74, 6) is -0.606. The van der Waals surface area contributed by atoms with Crippen LogP contribution in [0, 0.1) is 0 Å². The third kappa shape index (κ3) is 6.62. The monoisotopic (exact) mass is 533 g/mol. The minimum Gasteiger partial charge on any atom is -0.487 e. The molecule has 0 aromatic heterocycles. The molecule has 2 aromatic rings. The van der Waals surface area contributed by atoms with Gasteiger partial charge in [-0.3, -0.25) is 0 Å². The van der Waals surface area contributed by atoms with Crippen molar-refractivity contribution in [3.63, 3.8) is 0 Å². The van der Waals surface area contributed by atoms with Gasteiger partial charge in [0.1, 0.15) is 17.4 Å². The van der Waals surface area contributed by atoms with Crippen molar-refractivity contribution in [3.05, 3.63) is 76.5 Å². The average Bonchev–Trinajstić information content (AvgIpc) is 2.75. The molecule has 1 atom stereocenters. The van der Waals surface area contributed by atoms with Crippen molar-refractivity contribution in [2.75, 3.05) is 12.5 Å². The van der Waals surface area contributed by atoms with E-state index >= 15 is 0 Å². The van der Waals surface area contributed by atoms with Crippen molar-refractivity contribution in [2.24, 2.45) is 4.99 Å². The summed E-state index contributed by atoms with van der Waals surface area (Å²) >= 11 is 7.02. The molecule has 13 heteroatoms. The first-order chi connectivity index (χ1) is 15.7. The number of thioether (sulfide) groups is 1. The lowest BCUT2D eigenvalue weighted by atomic mass is 10.1. The van der Waals surface area contributed by atoms with Crippen molar-refractivity contribution < 1.29 is 44.3 Å². The zero-order valence-corrected chi connectivity index (χ0v) is 18.2. The highest BCUT2D eigenvalue weighted by Crippen LogP contribution is 2.38. The molecule has 1 unspecified atom stereocenters. The highest BCUT2D eigenvalue weighted by molar-refractivity contribution is 8.15. The molecular weight excluding hydrogens is 521 g/mol.